The van der Waals surface area contributed by atoms with Gasteiger partial charge in [0, 0.05) is 10.9 Å². The van der Waals surface area contributed by atoms with Gasteiger partial charge in [0.1, 0.15) is 16.7 Å². The third-order valence-corrected chi connectivity index (χ3v) is 4.88. The standard InChI is InChI=1S/C19H14N2O4S/c1-24-16-11-9-15(10-12-16)18(13-20)21-25-26(22,23)19-8-4-6-14-5-2-3-7-17(14)19/h2-12H,1H3. The summed E-state index contributed by atoms with van der Waals surface area (Å²) >= 11 is 0. The highest BCUT2D eigenvalue weighted by Gasteiger charge is 2.19. The van der Waals surface area contributed by atoms with E-state index < -0.39 is 10.1 Å². The fourth-order valence-electron chi connectivity index (χ4n) is 2.43. The van der Waals surface area contributed by atoms with Gasteiger partial charge in [-0.25, -0.2) is 0 Å². The zero-order valence-electron chi connectivity index (χ0n) is 13.8. The molecule has 130 valence electrons. The van der Waals surface area contributed by atoms with Gasteiger partial charge in [-0.15, -0.1) is 0 Å². The van der Waals surface area contributed by atoms with E-state index in [-0.39, 0.29) is 10.6 Å². The minimum Gasteiger partial charge on any atom is -0.497 e. The highest BCUT2D eigenvalue weighted by Crippen LogP contribution is 2.24. The number of rotatable bonds is 5. The summed E-state index contributed by atoms with van der Waals surface area (Å²) in [5, 5.41) is 14.1. The van der Waals surface area contributed by atoms with Crippen LogP contribution < -0.4 is 4.74 Å². The molecule has 0 amide bonds. The Hall–Kier alpha value is -3.37. The van der Waals surface area contributed by atoms with Crippen molar-refractivity contribution in [1.29, 1.82) is 5.26 Å². The van der Waals surface area contributed by atoms with Crippen LogP contribution in [0.5, 0.6) is 5.75 Å². The van der Waals surface area contributed by atoms with Crippen LogP contribution in [0.2, 0.25) is 0 Å². The predicted octanol–water partition coefficient (Wildman–Crippen LogP) is 3.48. The molecule has 0 saturated heterocycles. The maximum Gasteiger partial charge on any atom is 0.359 e. The van der Waals surface area contributed by atoms with Gasteiger partial charge in [-0.1, -0.05) is 41.6 Å². The summed E-state index contributed by atoms with van der Waals surface area (Å²) in [7, 11) is -2.65. The lowest BCUT2D eigenvalue weighted by Crippen LogP contribution is -2.06. The zero-order chi connectivity index (χ0) is 18.6. The lowest BCUT2D eigenvalue weighted by Gasteiger charge is -2.06. The van der Waals surface area contributed by atoms with E-state index in [2.05, 4.69) is 5.16 Å². The molecule has 0 saturated carbocycles. The number of methoxy groups -OCH3 is 1. The van der Waals surface area contributed by atoms with Crippen LogP contribution in [-0.4, -0.2) is 21.2 Å². The second kappa shape index (κ2) is 7.25. The monoisotopic (exact) mass is 366 g/mol. The van der Waals surface area contributed by atoms with Gasteiger partial charge in [-0.05, 0) is 35.7 Å². The van der Waals surface area contributed by atoms with Gasteiger partial charge in [-0.2, -0.15) is 13.7 Å². The summed E-state index contributed by atoms with van der Waals surface area (Å²) in [5.41, 5.74) is 0.262. The van der Waals surface area contributed by atoms with Gasteiger partial charge in [0.15, 0.2) is 5.71 Å². The van der Waals surface area contributed by atoms with Crippen LogP contribution in [0.1, 0.15) is 5.56 Å². The Bertz CT molecular complexity index is 1110. The molecular formula is C19H14N2O4S. The number of fused-ring (bicyclic) bond motifs is 1. The van der Waals surface area contributed by atoms with Crippen molar-refractivity contribution in [2.45, 2.75) is 4.90 Å². The van der Waals surface area contributed by atoms with Crippen molar-refractivity contribution in [2.24, 2.45) is 5.16 Å². The van der Waals surface area contributed by atoms with Gasteiger partial charge < -0.3 is 4.74 Å². The number of nitriles is 1. The van der Waals surface area contributed by atoms with Crippen molar-refractivity contribution in [2.75, 3.05) is 7.11 Å². The fraction of sp³-hybridized carbons (Fsp3) is 0.0526. The van der Waals surface area contributed by atoms with E-state index in [1.165, 1.54) is 13.2 Å². The molecule has 26 heavy (non-hydrogen) atoms. The molecule has 0 aliphatic heterocycles. The van der Waals surface area contributed by atoms with Gasteiger partial charge >= 0.3 is 10.1 Å². The molecule has 0 radical (unpaired) electrons. The summed E-state index contributed by atoms with van der Waals surface area (Å²) in [4.78, 5) is -0.00799. The van der Waals surface area contributed by atoms with E-state index in [1.807, 2.05) is 12.1 Å². The van der Waals surface area contributed by atoms with Crippen LogP contribution >= 0.6 is 0 Å². The fourth-order valence-corrected chi connectivity index (χ4v) is 3.38. The van der Waals surface area contributed by atoms with E-state index in [0.717, 1.165) is 5.39 Å². The molecule has 6 nitrogen and oxygen atoms in total. The Morgan fingerprint density at radius 2 is 1.69 bits per heavy atom. The van der Waals surface area contributed by atoms with Crippen LogP contribution in [0.3, 0.4) is 0 Å². The lowest BCUT2D eigenvalue weighted by atomic mass is 10.1. The van der Waals surface area contributed by atoms with E-state index in [9.17, 15) is 13.7 Å². The first-order valence-electron chi connectivity index (χ1n) is 7.59. The summed E-state index contributed by atoms with van der Waals surface area (Å²) < 4.78 is 34.9. The molecule has 0 N–H and O–H groups in total. The highest BCUT2D eigenvalue weighted by molar-refractivity contribution is 7.87. The van der Waals surface area contributed by atoms with Gasteiger partial charge in [0.25, 0.3) is 0 Å². The lowest BCUT2D eigenvalue weighted by molar-refractivity contribution is 0.340. The topological polar surface area (TPSA) is 88.8 Å². The first-order chi connectivity index (χ1) is 12.5. The number of hydrogen-bond acceptors (Lipinski definition) is 6. The molecule has 3 aromatic carbocycles. The minimum atomic E-state index is -4.18. The number of nitrogens with zero attached hydrogens (tertiary/aromatic N) is 2. The molecule has 0 unspecified atom stereocenters. The third kappa shape index (κ3) is 3.50. The minimum absolute atomic E-state index is 0.00799. The summed E-state index contributed by atoms with van der Waals surface area (Å²) in [5.74, 6) is 0.607. The SMILES string of the molecule is COc1ccc(C(C#N)=NOS(=O)(=O)c2cccc3ccccc23)cc1. The third-order valence-electron chi connectivity index (χ3n) is 3.72. The van der Waals surface area contributed by atoms with Crippen molar-refractivity contribution < 1.29 is 17.4 Å². The second-order valence-corrected chi connectivity index (χ2v) is 6.78. The number of ether oxygens (including phenoxy) is 1. The molecule has 0 aromatic heterocycles. The van der Waals surface area contributed by atoms with Crippen LogP contribution in [0.25, 0.3) is 10.8 Å². The quantitative estimate of drug-likeness (QED) is 0.509. The molecule has 0 bridgehead atoms. The Kier molecular flexibility index (Phi) is 4.87. The average Bonchev–Trinajstić information content (AvgIpc) is 2.68. The first-order valence-corrected chi connectivity index (χ1v) is 9.00. The first kappa shape index (κ1) is 17.5. The van der Waals surface area contributed by atoms with E-state index in [1.54, 1.807) is 54.6 Å². The Labute approximate surface area is 151 Å². The summed E-state index contributed by atoms with van der Waals surface area (Å²) in [6, 6.07) is 20.2. The number of oxime groups is 1. The van der Waals surface area contributed by atoms with Crippen molar-refractivity contribution in [1.82, 2.24) is 0 Å². The molecule has 0 spiro atoms. The predicted molar refractivity (Wildman–Crippen MR) is 97.4 cm³/mol. The van der Waals surface area contributed by atoms with Crippen LogP contribution in [0.4, 0.5) is 0 Å². The van der Waals surface area contributed by atoms with Gasteiger partial charge in [0.05, 0.1) is 7.11 Å². The molecule has 7 heteroatoms. The van der Waals surface area contributed by atoms with Gasteiger partial charge in [-0.3, -0.25) is 4.28 Å². The smallest absolute Gasteiger partial charge is 0.359 e. The molecule has 3 aromatic rings. The summed E-state index contributed by atoms with van der Waals surface area (Å²) in [6.07, 6.45) is 0. The van der Waals surface area contributed by atoms with E-state index in [0.29, 0.717) is 16.7 Å². The van der Waals surface area contributed by atoms with Crippen molar-refractivity contribution in [3.63, 3.8) is 0 Å². The average molecular weight is 366 g/mol. The largest absolute Gasteiger partial charge is 0.497 e. The second-order valence-electron chi connectivity index (χ2n) is 5.29. The maximum absolute atomic E-state index is 12.5. The van der Waals surface area contributed by atoms with Crippen molar-refractivity contribution in [3.8, 4) is 11.8 Å². The molecular weight excluding hydrogens is 352 g/mol. The van der Waals surface area contributed by atoms with Crippen molar-refractivity contribution >= 4 is 26.6 Å². The number of hydrogen-bond donors (Lipinski definition) is 0. The molecule has 0 fully saturated rings. The summed E-state index contributed by atoms with van der Waals surface area (Å²) in [6.45, 7) is 0. The van der Waals surface area contributed by atoms with E-state index in [4.69, 9.17) is 9.02 Å². The zero-order valence-corrected chi connectivity index (χ0v) is 14.6. The normalized spacial score (nSPS) is 11.8. The Morgan fingerprint density at radius 1 is 1.00 bits per heavy atom. The molecule has 0 aliphatic carbocycles. The molecule has 0 heterocycles. The number of benzene rings is 3. The Morgan fingerprint density at radius 3 is 2.38 bits per heavy atom. The maximum atomic E-state index is 12.5. The molecule has 0 atom stereocenters. The van der Waals surface area contributed by atoms with Crippen LogP contribution in [0.15, 0.2) is 76.8 Å². The van der Waals surface area contributed by atoms with Crippen LogP contribution in [-0.2, 0) is 14.4 Å². The molecule has 3 rings (SSSR count). The van der Waals surface area contributed by atoms with E-state index >= 15 is 0 Å². The van der Waals surface area contributed by atoms with Gasteiger partial charge in [0.2, 0.25) is 0 Å². The molecule has 0 aliphatic rings. The highest BCUT2D eigenvalue weighted by atomic mass is 32.2. The Balaban J connectivity index is 1.95. The van der Waals surface area contributed by atoms with Crippen molar-refractivity contribution in [3.05, 3.63) is 72.3 Å². The van der Waals surface area contributed by atoms with Crippen LogP contribution in [0, 0.1) is 11.3 Å².